The van der Waals surface area contributed by atoms with Crippen molar-refractivity contribution in [3.8, 4) is 34.6 Å². The zero-order chi connectivity index (χ0) is 28.2. The summed E-state index contributed by atoms with van der Waals surface area (Å²) >= 11 is 0. The van der Waals surface area contributed by atoms with Crippen LogP contribution in [0.3, 0.4) is 0 Å². The highest BCUT2D eigenvalue weighted by Crippen LogP contribution is 2.38. The molecule has 0 radical (unpaired) electrons. The summed E-state index contributed by atoms with van der Waals surface area (Å²) in [5.74, 6) is 0. The Labute approximate surface area is 242 Å². The van der Waals surface area contributed by atoms with Gasteiger partial charge in [-0.25, -0.2) is 0 Å². The number of aromatic nitrogens is 2. The normalized spacial score (nSPS) is 11.3. The molecule has 0 aliphatic carbocycles. The van der Waals surface area contributed by atoms with E-state index in [2.05, 4.69) is 124 Å². The Balaban J connectivity index is 1.42. The fourth-order valence-electron chi connectivity index (χ4n) is 6.41. The molecule has 0 aliphatic rings. The maximum absolute atomic E-state index is 9.82. The van der Waals surface area contributed by atoms with Crippen molar-refractivity contribution in [2.45, 2.75) is 0 Å². The van der Waals surface area contributed by atoms with E-state index in [0.717, 1.165) is 44.3 Å². The Hall–Kier alpha value is -6.10. The molecule has 0 fully saturated rings. The van der Waals surface area contributed by atoms with Gasteiger partial charge in [0.2, 0.25) is 0 Å². The first-order chi connectivity index (χ1) is 20.8. The average Bonchev–Trinajstić information content (AvgIpc) is 3.56. The number of rotatable bonds is 3. The molecule has 4 heteroatoms. The lowest BCUT2D eigenvalue weighted by atomic mass is 9.94. The SMILES string of the molecule is N#Cc1cccc(C#N)c1-c1ccc2c(c1)c1ccccc1n2-c1ccc2c3ccccc3n(-c3ccccc3)c2c1. The molecule has 2 heterocycles. The van der Waals surface area contributed by atoms with Gasteiger partial charge in [0.1, 0.15) is 0 Å². The van der Waals surface area contributed by atoms with E-state index in [-0.39, 0.29) is 0 Å². The third-order valence-corrected chi connectivity index (χ3v) is 8.20. The van der Waals surface area contributed by atoms with Crippen LogP contribution in [-0.2, 0) is 0 Å². The zero-order valence-corrected chi connectivity index (χ0v) is 22.5. The molecule has 4 nitrogen and oxygen atoms in total. The number of nitriles is 2. The third-order valence-electron chi connectivity index (χ3n) is 8.20. The number of nitrogens with zero attached hydrogens (tertiary/aromatic N) is 4. The van der Waals surface area contributed by atoms with Gasteiger partial charge in [-0.05, 0) is 66.2 Å². The van der Waals surface area contributed by atoms with Crippen molar-refractivity contribution in [1.29, 1.82) is 10.5 Å². The van der Waals surface area contributed by atoms with Crippen molar-refractivity contribution < 1.29 is 0 Å². The van der Waals surface area contributed by atoms with E-state index in [0.29, 0.717) is 16.7 Å². The quantitative estimate of drug-likeness (QED) is 0.227. The molecule has 194 valence electrons. The summed E-state index contributed by atoms with van der Waals surface area (Å²) in [6.07, 6.45) is 0. The maximum Gasteiger partial charge on any atom is 0.0998 e. The largest absolute Gasteiger partial charge is 0.309 e. The third kappa shape index (κ3) is 3.40. The van der Waals surface area contributed by atoms with E-state index in [9.17, 15) is 10.5 Å². The van der Waals surface area contributed by atoms with Crippen molar-refractivity contribution in [3.05, 3.63) is 145 Å². The van der Waals surface area contributed by atoms with Crippen molar-refractivity contribution in [2.75, 3.05) is 0 Å². The van der Waals surface area contributed by atoms with Crippen molar-refractivity contribution in [3.63, 3.8) is 0 Å². The minimum atomic E-state index is 0.497. The van der Waals surface area contributed by atoms with Crippen LogP contribution in [0.4, 0.5) is 0 Å². The van der Waals surface area contributed by atoms with E-state index >= 15 is 0 Å². The lowest BCUT2D eigenvalue weighted by molar-refractivity contribution is 1.15. The van der Waals surface area contributed by atoms with Gasteiger partial charge < -0.3 is 9.13 Å². The monoisotopic (exact) mass is 534 g/mol. The summed E-state index contributed by atoms with van der Waals surface area (Å²) in [5, 5.41) is 24.2. The molecule has 0 spiro atoms. The zero-order valence-electron chi connectivity index (χ0n) is 22.5. The number of hydrogen-bond donors (Lipinski definition) is 0. The minimum absolute atomic E-state index is 0.497. The van der Waals surface area contributed by atoms with Crippen LogP contribution in [0, 0.1) is 22.7 Å². The van der Waals surface area contributed by atoms with Gasteiger partial charge >= 0.3 is 0 Å². The summed E-state index contributed by atoms with van der Waals surface area (Å²) < 4.78 is 4.64. The lowest BCUT2D eigenvalue weighted by Gasteiger charge is -2.12. The summed E-state index contributed by atoms with van der Waals surface area (Å²) in [6, 6.07) is 50.2. The topological polar surface area (TPSA) is 57.4 Å². The Morgan fingerprint density at radius 3 is 1.67 bits per heavy atom. The molecule has 42 heavy (non-hydrogen) atoms. The summed E-state index contributed by atoms with van der Waals surface area (Å²) in [6.45, 7) is 0. The first kappa shape index (κ1) is 23.8. The fourth-order valence-corrected chi connectivity index (χ4v) is 6.41. The average molecular weight is 535 g/mol. The predicted molar refractivity (Wildman–Crippen MR) is 170 cm³/mol. The molecule has 8 rings (SSSR count). The van der Waals surface area contributed by atoms with Crippen molar-refractivity contribution in [2.24, 2.45) is 0 Å². The second kappa shape index (κ2) is 9.24. The molecule has 2 aromatic heterocycles. The van der Waals surface area contributed by atoms with E-state index in [1.807, 2.05) is 12.1 Å². The van der Waals surface area contributed by atoms with Crippen LogP contribution in [0.5, 0.6) is 0 Å². The molecular weight excluding hydrogens is 512 g/mol. The van der Waals surface area contributed by atoms with Crippen LogP contribution in [0.15, 0.2) is 133 Å². The Kier molecular flexibility index (Phi) is 5.22. The summed E-state index contributed by atoms with van der Waals surface area (Å²) in [5.41, 5.74) is 9.20. The van der Waals surface area contributed by atoms with E-state index < -0.39 is 0 Å². The van der Waals surface area contributed by atoms with Crippen molar-refractivity contribution >= 4 is 43.6 Å². The first-order valence-corrected chi connectivity index (χ1v) is 13.8. The number of fused-ring (bicyclic) bond motifs is 6. The molecule has 6 aromatic carbocycles. The van der Waals surface area contributed by atoms with Crippen LogP contribution in [0.1, 0.15) is 11.1 Å². The van der Waals surface area contributed by atoms with E-state index in [1.165, 1.54) is 16.3 Å². The number of hydrogen-bond acceptors (Lipinski definition) is 2. The number of benzene rings is 6. The Morgan fingerprint density at radius 2 is 0.976 bits per heavy atom. The van der Waals surface area contributed by atoms with Crippen LogP contribution in [0.2, 0.25) is 0 Å². The van der Waals surface area contributed by atoms with Crippen LogP contribution >= 0.6 is 0 Å². The van der Waals surface area contributed by atoms with Gasteiger partial charge in [-0.15, -0.1) is 0 Å². The van der Waals surface area contributed by atoms with Crippen LogP contribution in [0.25, 0.3) is 66.1 Å². The van der Waals surface area contributed by atoms with Gasteiger partial charge in [-0.3, -0.25) is 0 Å². The molecule has 0 atom stereocenters. The first-order valence-electron chi connectivity index (χ1n) is 13.8. The smallest absolute Gasteiger partial charge is 0.0998 e. The van der Waals surface area contributed by atoms with Gasteiger partial charge in [-0.2, -0.15) is 10.5 Å². The van der Waals surface area contributed by atoms with E-state index in [4.69, 9.17) is 0 Å². The fraction of sp³-hybridized carbons (Fsp3) is 0. The molecule has 8 aromatic rings. The van der Waals surface area contributed by atoms with Crippen molar-refractivity contribution in [1.82, 2.24) is 9.13 Å². The molecule has 0 saturated carbocycles. The highest BCUT2D eigenvalue weighted by atomic mass is 15.0. The minimum Gasteiger partial charge on any atom is -0.309 e. The lowest BCUT2D eigenvalue weighted by Crippen LogP contribution is -1.97. The summed E-state index contributed by atoms with van der Waals surface area (Å²) in [4.78, 5) is 0. The number of para-hydroxylation sites is 3. The molecule has 0 N–H and O–H groups in total. The highest BCUT2D eigenvalue weighted by molar-refractivity contribution is 6.12. The van der Waals surface area contributed by atoms with Gasteiger partial charge in [-0.1, -0.05) is 72.8 Å². The molecule has 0 saturated heterocycles. The molecular formula is C38H22N4. The summed E-state index contributed by atoms with van der Waals surface area (Å²) in [7, 11) is 0. The molecule has 0 bridgehead atoms. The van der Waals surface area contributed by atoms with Gasteiger partial charge in [0.05, 0.1) is 45.3 Å². The van der Waals surface area contributed by atoms with Gasteiger partial charge in [0, 0.05) is 38.5 Å². The van der Waals surface area contributed by atoms with Crippen LogP contribution in [-0.4, -0.2) is 9.13 Å². The molecule has 0 unspecified atom stereocenters. The standard InChI is InChI=1S/C38H22N4/c39-23-26-9-8-10-27(24-40)38(26)25-17-20-36-33(21-25)31-14-5-7-16-35(31)42(36)29-18-19-32-30-13-4-6-15-34(30)41(37(32)22-29)28-11-2-1-3-12-28/h1-22H. The second-order valence-electron chi connectivity index (χ2n) is 10.4. The second-order valence-corrected chi connectivity index (χ2v) is 10.4. The Morgan fingerprint density at radius 1 is 0.405 bits per heavy atom. The predicted octanol–water partition coefficient (Wildman–Crippen LogP) is 9.29. The molecule has 0 aliphatic heterocycles. The highest BCUT2D eigenvalue weighted by Gasteiger charge is 2.18. The maximum atomic E-state index is 9.82. The van der Waals surface area contributed by atoms with Crippen LogP contribution < -0.4 is 0 Å². The molecule has 0 amide bonds. The van der Waals surface area contributed by atoms with Gasteiger partial charge in [0.15, 0.2) is 0 Å². The Bertz CT molecular complexity index is 2400. The van der Waals surface area contributed by atoms with Gasteiger partial charge in [0.25, 0.3) is 0 Å². The van der Waals surface area contributed by atoms with E-state index in [1.54, 1.807) is 18.2 Å².